The van der Waals surface area contributed by atoms with E-state index < -0.39 is 15.2 Å². The third-order valence-corrected chi connectivity index (χ3v) is 20.0. The first kappa shape index (κ1) is 86.0. The van der Waals surface area contributed by atoms with Gasteiger partial charge in [-0.2, -0.15) is 0 Å². The average molecular weight is 1230 g/mol. The SMILES string of the molecule is CCCCCCCCCCCCCCCCCCOP(=O)([O-])CCCCCCCCCCCCCCCCCC.CCCCCCCCCCCCCCCCCCOP(=O)([O-])CCCCCCCCCCCCCCCCCC.[Co+2]. The fraction of sp³-hybridized carbons (Fsp3) is 1.00. The standard InChI is InChI=1S/2C36H75O3P.Co/c2*1-3-5-7-9-11-13-15-17-19-21-23-25-27-29-31-33-35-39-40(37,38)36-34-32-30-28-26-24-22-20-18-16-14-12-10-8-6-4-2;/h2*3-36H2,1-2H3,(H,37,38);/q;;+2/p-2. The molecule has 0 rings (SSSR count). The molecular formula is C72H148CoO6P2. The summed E-state index contributed by atoms with van der Waals surface area (Å²) in [6, 6.07) is 0. The monoisotopic (exact) mass is 1230 g/mol. The van der Waals surface area contributed by atoms with Crippen molar-refractivity contribution in [1.82, 2.24) is 0 Å². The molecule has 0 aromatic heterocycles. The van der Waals surface area contributed by atoms with Crippen LogP contribution in [0.4, 0.5) is 0 Å². The van der Waals surface area contributed by atoms with Crippen LogP contribution in [0.15, 0.2) is 0 Å². The molecular weight excluding hydrogens is 1080 g/mol. The smallest absolute Gasteiger partial charge is 0.778 e. The normalized spacial score (nSPS) is 13.0. The Morgan fingerprint density at radius 1 is 0.198 bits per heavy atom. The molecule has 0 bridgehead atoms. The van der Waals surface area contributed by atoms with Crippen LogP contribution in [0.1, 0.15) is 439 Å². The summed E-state index contributed by atoms with van der Waals surface area (Å²) in [4.78, 5) is 24.3. The third-order valence-electron chi connectivity index (χ3n) is 17.1. The molecule has 81 heavy (non-hydrogen) atoms. The Morgan fingerprint density at radius 3 is 0.444 bits per heavy atom. The van der Waals surface area contributed by atoms with Crippen molar-refractivity contribution in [3.8, 4) is 0 Å². The molecule has 9 heteroatoms. The van der Waals surface area contributed by atoms with Crippen molar-refractivity contribution in [2.24, 2.45) is 0 Å². The van der Waals surface area contributed by atoms with E-state index in [0.29, 0.717) is 13.2 Å². The molecule has 0 spiro atoms. The molecule has 491 valence electrons. The van der Waals surface area contributed by atoms with Gasteiger partial charge in [0.25, 0.3) is 0 Å². The maximum Gasteiger partial charge on any atom is 2.00 e. The van der Waals surface area contributed by atoms with E-state index in [-0.39, 0.29) is 29.1 Å². The number of hydrogen-bond donors (Lipinski definition) is 0. The van der Waals surface area contributed by atoms with Gasteiger partial charge in [-0.15, -0.1) is 0 Å². The first-order chi connectivity index (χ1) is 39.2. The molecule has 0 aromatic carbocycles. The molecule has 0 heterocycles. The number of hydrogen-bond acceptors (Lipinski definition) is 6. The van der Waals surface area contributed by atoms with E-state index in [1.807, 2.05) is 0 Å². The Labute approximate surface area is 521 Å². The first-order valence-corrected chi connectivity index (χ1v) is 40.6. The molecule has 0 amide bonds. The largest absolute Gasteiger partial charge is 2.00 e. The van der Waals surface area contributed by atoms with Crippen LogP contribution in [-0.2, 0) is 35.0 Å². The van der Waals surface area contributed by atoms with Gasteiger partial charge >= 0.3 is 16.8 Å². The molecule has 2 unspecified atom stereocenters. The van der Waals surface area contributed by atoms with Crippen molar-refractivity contribution in [2.45, 2.75) is 439 Å². The topological polar surface area (TPSA) is 98.7 Å². The van der Waals surface area contributed by atoms with Crippen LogP contribution in [0.3, 0.4) is 0 Å². The molecule has 1 radical (unpaired) electrons. The summed E-state index contributed by atoms with van der Waals surface area (Å²) in [6.45, 7) is 9.90. The first-order valence-electron chi connectivity index (χ1n) is 37.1. The summed E-state index contributed by atoms with van der Waals surface area (Å²) in [6.07, 6.45) is 84.8. The Kier molecular flexibility index (Phi) is 79.7. The van der Waals surface area contributed by atoms with E-state index >= 15 is 0 Å². The van der Waals surface area contributed by atoms with Gasteiger partial charge in [0.2, 0.25) is 0 Å². The summed E-state index contributed by atoms with van der Waals surface area (Å²) >= 11 is 0. The maximum absolute atomic E-state index is 12.1. The van der Waals surface area contributed by atoms with Gasteiger partial charge in [-0.05, 0) is 25.7 Å². The molecule has 0 aromatic rings. The van der Waals surface area contributed by atoms with Gasteiger partial charge in [0.05, 0.1) is 13.2 Å². The zero-order valence-corrected chi connectivity index (χ0v) is 58.6. The average Bonchev–Trinajstić information content (AvgIpc) is 3.44. The molecule has 0 saturated heterocycles. The summed E-state index contributed by atoms with van der Waals surface area (Å²) < 4.78 is 34.8. The van der Waals surface area contributed by atoms with E-state index in [1.165, 1.54) is 347 Å². The van der Waals surface area contributed by atoms with Gasteiger partial charge in [0, 0.05) is 12.3 Å². The van der Waals surface area contributed by atoms with Gasteiger partial charge < -0.3 is 28.0 Å². The van der Waals surface area contributed by atoms with E-state index in [9.17, 15) is 18.9 Å². The van der Waals surface area contributed by atoms with Crippen LogP contribution in [0, 0.1) is 0 Å². The third kappa shape index (κ3) is 80.8. The minimum absolute atomic E-state index is 0. The summed E-state index contributed by atoms with van der Waals surface area (Å²) in [7, 11) is -7.24. The minimum Gasteiger partial charge on any atom is -0.778 e. The van der Waals surface area contributed by atoms with Crippen molar-refractivity contribution < 1.29 is 44.7 Å². The zero-order valence-electron chi connectivity index (χ0n) is 55.8. The molecule has 6 nitrogen and oxygen atoms in total. The Bertz CT molecular complexity index is 1120. The summed E-state index contributed by atoms with van der Waals surface area (Å²) in [5, 5.41) is 0. The fourth-order valence-electron chi connectivity index (χ4n) is 11.5. The van der Waals surface area contributed by atoms with Crippen molar-refractivity contribution >= 4 is 15.2 Å². The van der Waals surface area contributed by atoms with Gasteiger partial charge in [0.1, 0.15) is 15.2 Å². The van der Waals surface area contributed by atoms with Crippen molar-refractivity contribution in [2.75, 3.05) is 25.5 Å². The zero-order chi connectivity index (χ0) is 58.5. The van der Waals surface area contributed by atoms with E-state index in [0.717, 1.165) is 64.2 Å². The van der Waals surface area contributed by atoms with Gasteiger partial charge in [-0.25, -0.2) is 0 Å². The van der Waals surface area contributed by atoms with Crippen LogP contribution in [0.5, 0.6) is 0 Å². The molecule has 0 aliphatic carbocycles. The van der Waals surface area contributed by atoms with Crippen LogP contribution in [0.25, 0.3) is 0 Å². The van der Waals surface area contributed by atoms with Crippen LogP contribution < -0.4 is 9.79 Å². The van der Waals surface area contributed by atoms with Crippen molar-refractivity contribution in [1.29, 1.82) is 0 Å². The van der Waals surface area contributed by atoms with E-state index in [1.54, 1.807) is 0 Å². The second-order valence-electron chi connectivity index (χ2n) is 25.5. The Hall–Kier alpha value is 0.806. The van der Waals surface area contributed by atoms with E-state index in [4.69, 9.17) is 9.05 Å². The minimum atomic E-state index is -3.62. The van der Waals surface area contributed by atoms with Crippen LogP contribution >= 0.6 is 15.2 Å². The predicted molar refractivity (Wildman–Crippen MR) is 355 cm³/mol. The van der Waals surface area contributed by atoms with E-state index in [2.05, 4.69) is 27.7 Å². The quantitative estimate of drug-likeness (QED) is 0.0444. The Morgan fingerprint density at radius 2 is 0.309 bits per heavy atom. The fourth-order valence-corrected chi connectivity index (χ4v) is 13.8. The summed E-state index contributed by atoms with van der Waals surface area (Å²) in [5.74, 6) is 0. The molecule has 2 atom stereocenters. The molecule has 0 aliphatic rings. The molecule has 0 aliphatic heterocycles. The molecule has 0 N–H and O–H groups in total. The Balaban J connectivity index is -0.00000148. The summed E-state index contributed by atoms with van der Waals surface area (Å²) in [5.41, 5.74) is 0. The number of rotatable bonds is 70. The molecule has 0 saturated carbocycles. The molecule has 0 fully saturated rings. The second kappa shape index (κ2) is 75.1. The second-order valence-corrected chi connectivity index (χ2v) is 29.4. The van der Waals surface area contributed by atoms with Crippen molar-refractivity contribution in [3.05, 3.63) is 0 Å². The van der Waals surface area contributed by atoms with Gasteiger partial charge in [0.15, 0.2) is 0 Å². The van der Waals surface area contributed by atoms with Gasteiger partial charge in [-0.3, -0.25) is 0 Å². The number of unbranched alkanes of at least 4 members (excludes halogenated alkanes) is 60. The maximum atomic E-state index is 12.1. The van der Waals surface area contributed by atoms with Crippen molar-refractivity contribution in [3.63, 3.8) is 0 Å². The van der Waals surface area contributed by atoms with Crippen LogP contribution in [0.2, 0.25) is 0 Å². The van der Waals surface area contributed by atoms with Gasteiger partial charge in [-0.1, -0.05) is 413 Å². The predicted octanol–water partition coefficient (Wildman–Crippen LogP) is 26.2. The van der Waals surface area contributed by atoms with Crippen LogP contribution in [-0.4, -0.2) is 25.5 Å².